The number of nitrogens with two attached hydrogens (primary N) is 1. The largest absolute Gasteiger partial charge is 0.370 e. The van der Waals surface area contributed by atoms with E-state index in [1.54, 1.807) is 6.07 Å². The Labute approximate surface area is 77.0 Å². The number of guanidine groups is 1. The minimum absolute atomic E-state index is 0.449. The van der Waals surface area contributed by atoms with Gasteiger partial charge in [0.05, 0.1) is 6.54 Å². The third-order valence-electron chi connectivity index (χ3n) is 1.46. The highest BCUT2D eigenvalue weighted by Crippen LogP contribution is 1.95. The molecular weight excluding hydrogens is 168 g/mol. The molecule has 1 rings (SSSR count). The van der Waals surface area contributed by atoms with Crippen molar-refractivity contribution in [3.05, 3.63) is 18.0 Å². The second-order valence-electron chi connectivity index (χ2n) is 2.62. The Morgan fingerprint density at radius 2 is 2.62 bits per heavy atom. The van der Waals surface area contributed by atoms with Crippen molar-refractivity contribution in [3.8, 4) is 0 Å². The van der Waals surface area contributed by atoms with Gasteiger partial charge in [-0.1, -0.05) is 12.1 Å². The molecule has 1 aromatic rings. The summed E-state index contributed by atoms with van der Waals surface area (Å²) in [7, 11) is 0. The minimum atomic E-state index is 0.449. The Kier molecular flexibility index (Phi) is 3.81. The van der Waals surface area contributed by atoms with Crippen LogP contribution in [0.1, 0.15) is 19.0 Å². The summed E-state index contributed by atoms with van der Waals surface area (Å²) in [4.78, 5) is 4.06. The fourth-order valence-electron chi connectivity index (χ4n) is 0.794. The van der Waals surface area contributed by atoms with Gasteiger partial charge in [0.15, 0.2) is 5.96 Å². The molecule has 1 heterocycles. The van der Waals surface area contributed by atoms with Crippen LogP contribution in [0.4, 0.5) is 0 Å². The summed E-state index contributed by atoms with van der Waals surface area (Å²) in [6.07, 6.45) is 2.54. The van der Waals surface area contributed by atoms with Crippen LogP contribution in [0, 0.1) is 0 Å². The third-order valence-corrected chi connectivity index (χ3v) is 1.46. The Morgan fingerprint density at radius 3 is 3.23 bits per heavy atom. The molecule has 0 bridgehead atoms. The van der Waals surface area contributed by atoms with Gasteiger partial charge in [0, 0.05) is 12.6 Å². The van der Waals surface area contributed by atoms with E-state index in [4.69, 9.17) is 5.73 Å². The molecule has 0 fully saturated rings. The van der Waals surface area contributed by atoms with Gasteiger partial charge >= 0.3 is 0 Å². The van der Waals surface area contributed by atoms with Crippen molar-refractivity contribution in [2.24, 2.45) is 10.7 Å². The average molecular weight is 182 g/mol. The zero-order valence-electron chi connectivity index (χ0n) is 7.66. The zero-order chi connectivity index (χ0) is 9.52. The number of aromatic nitrogens is 1. The van der Waals surface area contributed by atoms with Gasteiger partial charge in [-0.05, 0) is 6.42 Å². The summed E-state index contributed by atoms with van der Waals surface area (Å²) in [5, 5.41) is 6.67. The van der Waals surface area contributed by atoms with Crippen LogP contribution in [0.25, 0.3) is 0 Å². The molecule has 0 saturated carbocycles. The van der Waals surface area contributed by atoms with Gasteiger partial charge < -0.3 is 15.6 Å². The van der Waals surface area contributed by atoms with E-state index in [0.717, 1.165) is 18.7 Å². The normalized spacial score (nSPS) is 11.6. The Morgan fingerprint density at radius 1 is 1.77 bits per heavy atom. The highest BCUT2D eigenvalue weighted by atomic mass is 16.5. The summed E-state index contributed by atoms with van der Waals surface area (Å²) in [5.74, 6) is 0.449. The maximum absolute atomic E-state index is 5.56. The molecule has 0 unspecified atom stereocenters. The van der Waals surface area contributed by atoms with Gasteiger partial charge in [-0.3, -0.25) is 0 Å². The van der Waals surface area contributed by atoms with Crippen molar-refractivity contribution in [1.82, 2.24) is 10.5 Å². The SMILES string of the molecule is CCCNC(N)=NCc1ccon1. The summed E-state index contributed by atoms with van der Waals surface area (Å²) < 4.78 is 4.65. The molecule has 5 heteroatoms. The van der Waals surface area contributed by atoms with E-state index in [2.05, 4.69) is 26.9 Å². The first kappa shape index (κ1) is 9.57. The van der Waals surface area contributed by atoms with Crippen LogP contribution in [-0.4, -0.2) is 17.7 Å². The summed E-state index contributed by atoms with van der Waals surface area (Å²) in [5.41, 5.74) is 6.34. The summed E-state index contributed by atoms with van der Waals surface area (Å²) in [6.45, 7) is 3.37. The highest BCUT2D eigenvalue weighted by Gasteiger charge is 1.94. The average Bonchev–Trinajstić information content (AvgIpc) is 2.64. The van der Waals surface area contributed by atoms with Crippen LogP contribution in [0.5, 0.6) is 0 Å². The monoisotopic (exact) mass is 182 g/mol. The Bertz CT molecular complexity index is 255. The van der Waals surface area contributed by atoms with Crippen LogP contribution in [-0.2, 0) is 6.54 Å². The quantitative estimate of drug-likeness (QED) is 0.524. The summed E-state index contributed by atoms with van der Waals surface area (Å²) >= 11 is 0. The molecule has 0 saturated heterocycles. The highest BCUT2D eigenvalue weighted by molar-refractivity contribution is 5.77. The topological polar surface area (TPSA) is 76.4 Å². The minimum Gasteiger partial charge on any atom is -0.370 e. The maximum atomic E-state index is 5.56. The zero-order valence-corrected chi connectivity index (χ0v) is 7.66. The van der Waals surface area contributed by atoms with Gasteiger partial charge in [0.1, 0.15) is 12.0 Å². The van der Waals surface area contributed by atoms with Gasteiger partial charge in [-0.25, -0.2) is 4.99 Å². The number of aliphatic imine (C=N–C) groups is 1. The van der Waals surface area contributed by atoms with Crippen molar-refractivity contribution in [1.29, 1.82) is 0 Å². The van der Waals surface area contributed by atoms with E-state index in [-0.39, 0.29) is 0 Å². The second-order valence-corrected chi connectivity index (χ2v) is 2.62. The van der Waals surface area contributed by atoms with Crippen LogP contribution >= 0.6 is 0 Å². The first-order valence-corrected chi connectivity index (χ1v) is 4.26. The molecule has 5 nitrogen and oxygen atoms in total. The number of hydrogen-bond donors (Lipinski definition) is 2. The Hall–Kier alpha value is -1.52. The Balaban J connectivity index is 2.30. The maximum Gasteiger partial charge on any atom is 0.188 e. The van der Waals surface area contributed by atoms with Gasteiger partial charge in [0.2, 0.25) is 0 Å². The lowest BCUT2D eigenvalue weighted by Gasteiger charge is -2.01. The van der Waals surface area contributed by atoms with E-state index < -0.39 is 0 Å². The first-order chi connectivity index (χ1) is 6.33. The molecule has 0 radical (unpaired) electrons. The molecule has 0 aromatic carbocycles. The van der Waals surface area contributed by atoms with Crippen molar-refractivity contribution < 1.29 is 4.52 Å². The first-order valence-electron chi connectivity index (χ1n) is 4.26. The molecule has 1 aromatic heterocycles. The van der Waals surface area contributed by atoms with Crippen molar-refractivity contribution >= 4 is 5.96 Å². The standard InChI is InChI=1S/C8H14N4O/c1-2-4-10-8(9)11-6-7-3-5-13-12-7/h3,5H,2,4,6H2,1H3,(H3,9,10,11). The van der Waals surface area contributed by atoms with Crippen LogP contribution in [0.2, 0.25) is 0 Å². The number of rotatable bonds is 4. The van der Waals surface area contributed by atoms with E-state index in [9.17, 15) is 0 Å². The molecule has 72 valence electrons. The van der Waals surface area contributed by atoms with Gasteiger partial charge in [-0.2, -0.15) is 0 Å². The van der Waals surface area contributed by atoms with Gasteiger partial charge in [-0.15, -0.1) is 0 Å². The van der Waals surface area contributed by atoms with Crippen LogP contribution < -0.4 is 11.1 Å². The third kappa shape index (κ3) is 3.59. The molecule has 3 N–H and O–H groups in total. The number of nitrogens with one attached hydrogen (secondary N) is 1. The lowest BCUT2D eigenvalue weighted by atomic mass is 10.4. The van der Waals surface area contributed by atoms with Crippen molar-refractivity contribution in [2.45, 2.75) is 19.9 Å². The smallest absolute Gasteiger partial charge is 0.188 e. The molecule has 0 aliphatic rings. The fraction of sp³-hybridized carbons (Fsp3) is 0.500. The molecule has 0 amide bonds. The predicted octanol–water partition coefficient (Wildman–Crippen LogP) is 0.489. The summed E-state index contributed by atoms with van der Waals surface area (Å²) in [6, 6.07) is 1.76. The molecule has 0 spiro atoms. The van der Waals surface area contributed by atoms with E-state index >= 15 is 0 Å². The molecule has 13 heavy (non-hydrogen) atoms. The van der Waals surface area contributed by atoms with E-state index in [0.29, 0.717) is 12.5 Å². The van der Waals surface area contributed by atoms with Crippen molar-refractivity contribution in [2.75, 3.05) is 6.54 Å². The van der Waals surface area contributed by atoms with Crippen molar-refractivity contribution in [3.63, 3.8) is 0 Å². The van der Waals surface area contributed by atoms with Crippen LogP contribution in [0.15, 0.2) is 21.8 Å². The lowest BCUT2D eigenvalue weighted by molar-refractivity contribution is 0.412. The molecular formula is C8H14N4O. The second kappa shape index (κ2) is 5.18. The van der Waals surface area contributed by atoms with E-state index in [1.165, 1.54) is 6.26 Å². The predicted molar refractivity (Wildman–Crippen MR) is 50.1 cm³/mol. The van der Waals surface area contributed by atoms with Crippen LogP contribution in [0.3, 0.4) is 0 Å². The molecule has 0 atom stereocenters. The molecule has 0 aliphatic carbocycles. The fourth-order valence-corrected chi connectivity index (χ4v) is 0.794. The molecule has 0 aliphatic heterocycles. The lowest BCUT2D eigenvalue weighted by Crippen LogP contribution is -2.32. The number of hydrogen-bond acceptors (Lipinski definition) is 3. The van der Waals surface area contributed by atoms with Gasteiger partial charge in [0.25, 0.3) is 0 Å². The van der Waals surface area contributed by atoms with E-state index in [1.807, 2.05) is 0 Å². The number of nitrogens with zero attached hydrogens (tertiary/aromatic N) is 2.